The summed E-state index contributed by atoms with van der Waals surface area (Å²) >= 11 is 18.2. The SMILES string of the molecule is N#CC1(C(N)=O)CC1[C@]1(C(=O)O)C[C@@H](S(=O)(=O)c2ccccc2Cl)C[C@H]1OCc1ccc(Cl)c(Cl)c1. The summed E-state index contributed by atoms with van der Waals surface area (Å²) in [7, 11) is -4.09. The lowest BCUT2D eigenvalue weighted by atomic mass is 9.75. The second kappa shape index (κ2) is 9.51. The first kappa shape index (κ1) is 26.7. The number of aliphatic carboxylic acids is 1. The van der Waals surface area contributed by atoms with Crippen LogP contribution >= 0.6 is 34.8 Å². The molecule has 2 aromatic rings. The van der Waals surface area contributed by atoms with Gasteiger partial charge in [0.05, 0.1) is 44.0 Å². The van der Waals surface area contributed by atoms with E-state index in [1.54, 1.807) is 24.3 Å². The highest BCUT2D eigenvalue weighted by Gasteiger charge is 2.75. The lowest BCUT2D eigenvalue weighted by Gasteiger charge is -2.32. The van der Waals surface area contributed by atoms with Gasteiger partial charge in [0.25, 0.3) is 0 Å². The minimum Gasteiger partial charge on any atom is -0.481 e. The molecule has 2 aromatic carbocycles. The number of rotatable bonds is 8. The second-order valence-electron chi connectivity index (χ2n) is 9.14. The quantitative estimate of drug-likeness (QED) is 0.481. The minimum atomic E-state index is -4.09. The third-order valence-electron chi connectivity index (χ3n) is 7.25. The zero-order valence-electron chi connectivity index (χ0n) is 18.7. The van der Waals surface area contributed by atoms with Crippen LogP contribution in [-0.2, 0) is 30.8 Å². The van der Waals surface area contributed by atoms with Crippen molar-refractivity contribution in [2.75, 3.05) is 0 Å². The lowest BCUT2D eigenvalue weighted by molar-refractivity contribution is -0.161. The summed E-state index contributed by atoms with van der Waals surface area (Å²) in [5.41, 5.74) is 2.49. The van der Waals surface area contributed by atoms with Crippen LogP contribution in [0.5, 0.6) is 0 Å². The fourth-order valence-corrected chi connectivity index (χ4v) is 7.92. The van der Waals surface area contributed by atoms with Crippen LogP contribution in [0.25, 0.3) is 0 Å². The number of ether oxygens (including phenoxy) is 1. The van der Waals surface area contributed by atoms with Crippen molar-refractivity contribution in [2.24, 2.45) is 22.5 Å². The van der Waals surface area contributed by atoms with Gasteiger partial charge in [0.1, 0.15) is 10.8 Å². The van der Waals surface area contributed by atoms with Crippen LogP contribution in [0.4, 0.5) is 0 Å². The Hall–Kier alpha value is -2.35. The van der Waals surface area contributed by atoms with E-state index in [0.29, 0.717) is 10.6 Å². The van der Waals surface area contributed by atoms with Crippen LogP contribution in [0.15, 0.2) is 47.4 Å². The van der Waals surface area contributed by atoms with Gasteiger partial charge in [0, 0.05) is 5.92 Å². The van der Waals surface area contributed by atoms with Gasteiger partial charge in [-0.2, -0.15) is 5.26 Å². The van der Waals surface area contributed by atoms with Crippen LogP contribution in [0.2, 0.25) is 15.1 Å². The van der Waals surface area contributed by atoms with Gasteiger partial charge in [-0.05, 0) is 49.1 Å². The maximum atomic E-state index is 13.6. The lowest BCUT2D eigenvalue weighted by Crippen LogP contribution is -2.45. The minimum absolute atomic E-state index is 0.00790. The van der Waals surface area contributed by atoms with Crippen LogP contribution < -0.4 is 5.73 Å². The molecule has 2 fully saturated rings. The third-order valence-corrected chi connectivity index (χ3v) is 10.6. The van der Waals surface area contributed by atoms with E-state index in [1.807, 2.05) is 6.07 Å². The Labute approximate surface area is 222 Å². The molecule has 0 heterocycles. The average molecular weight is 572 g/mol. The van der Waals surface area contributed by atoms with E-state index in [-0.39, 0.29) is 40.8 Å². The van der Waals surface area contributed by atoms with Crippen molar-refractivity contribution in [3.8, 4) is 6.07 Å². The molecule has 36 heavy (non-hydrogen) atoms. The van der Waals surface area contributed by atoms with Crippen molar-refractivity contribution in [1.29, 1.82) is 5.26 Å². The molecule has 0 bridgehead atoms. The summed E-state index contributed by atoms with van der Waals surface area (Å²) in [6.07, 6.45) is -1.80. The Bertz CT molecular complexity index is 1390. The number of carboxylic acids is 1. The van der Waals surface area contributed by atoms with Gasteiger partial charge in [-0.25, -0.2) is 8.42 Å². The van der Waals surface area contributed by atoms with E-state index < -0.39 is 49.8 Å². The van der Waals surface area contributed by atoms with Gasteiger partial charge in [0.2, 0.25) is 5.91 Å². The molecule has 1 amide bonds. The standard InChI is InChI=1S/C24H21Cl3N2O6S/c25-15-6-5-13(7-17(15)27)11-35-20-8-14(36(33,34)18-4-2-1-3-16(18)26)9-24(20,22(31)32)19-10-23(19,12-28)21(29)30/h1-7,14,19-20H,8-11H2,(H2,29,30)(H,31,32)/t14-,19?,20+,23?,24+/m0/s1. The Morgan fingerprint density at radius 3 is 2.36 bits per heavy atom. The molecule has 2 aliphatic rings. The molecule has 12 heteroatoms. The summed E-state index contributed by atoms with van der Waals surface area (Å²) in [5.74, 6) is -3.33. The molecular weight excluding hydrogens is 551 g/mol. The number of benzene rings is 2. The van der Waals surface area contributed by atoms with Crippen LogP contribution in [-0.4, -0.2) is 36.8 Å². The smallest absolute Gasteiger partial charge is 0.312 e. The van der Waals surface area contributed by atoms with Crippen molar-refractivity contribution in [3.05, 3.63) is 63.1 Å². The summed E-state index contributed by atoms with van der Waals surface area (Å²) in [6.45, 7) is -0.0989. The van der Waals surface area contributed by atoms with E-state index in [2.05, 4.69) is 0 Å². The first-order valence-corrected chi connectivity index (χ1v) is 13.6. The van der Waals surface area contributed by atoms with Crippen molar-refractivity contribution < 1.29 is 27.9 Å². The summed E-state index contributed by atoms with van der Waals surface area (Å²) in [4.78, 5) is 24.8. The van der Waals surface area contributed by atoms with Crippen LogP contribution in [0.1, 0.15) is 24.8 Å². The predicted molar refractivity (Wildman–Crippen MR) is 132 cm³/mol. The fraction of sp³-hybridized carbons (Fsp3) is 0.375. The number of sulfone groups is 1. The maximum absolute atomic E-state index is 13.6. The van der Waals surface area contributed by atoms with Gasteiger partial charge in [0.15, 0.2) is 9.84 Å². The van der Waals surface area contributed by atoms with Crippen molar-refractivity contribution in [1.82, 2.24) is 0 Å². The first-order valence-electron chi connectivity index (χ1n) is 10.9. The number of halogens is 3. The number of hydrogen-bond acceptors (Lipinski definition) is 6. The number of primary amides is 1. The Kier molecular flexibility index (Phi) is 7.05. The number of carboxylic acid groups (broad SMARTS) is 1. The molecule has 0 spiro atoms. The van der Waals surface area contributed by atoms with Crippen LogP contribution in [0.3, 0.4) is 0 Å². The molecule has 3 N–H and O–H groups in total. The van der Waals surface area contributed by atoms with Gasteiger partial charge < -0.3 is 15.6 Å². The highest BCUT2D eigenvalue weighted by molar-refractivity contribution is 7.92. The summed E-state index contributed by atoms with van der Waals surface area (Å²) < 4.78 is 33.1. The molecule has 0 saturated heterocycles. The Morgan fingerprint density at radius 2 is 1.81 bits per heavy atom. The van der Waals surface area contributed by atoms with E-state index in [4.69, 9.17) is 45.3 Å². The summed E-state index contributed by atoms with van der Waals surface area (Å²) in [6, 6.07) is 12.5. The molecule has 4 rings (SSSR count). The molecule has 5 atom stereocenters. The van der Waals surface area contributed by atoms with Gasteiger partial charge >= 0.3 is 5.97 Å². The molecule has 0 aliphatic heterocycles. The summed E-state index contributed by atoms with van der Waals surface area (Å²) in [5, 5.41) is 19.6. The molecule has 8 nitrogen and oxygen atoms in total. The molecule has 2 saturated carbocycles. The molecule has 2 unspecified atom stereocenters. The van der Waals surface area contributed by atoms with Gasteiger partial charge in [-0.15, -0.1) is 0 Å². The molecule has 0 radical (unpaired) electrons. The highest BCUT2D eigenvalue weighted by atomic mass is 35.5. The number of hydrogen-bond donors (Lipinski definition) is 2. The van der Waals surface area contributed by atoms with E-state index in [1.165, 1.54) is 18.2 Å². The van der Waals surface area contributed by atoms with Gasteiger partial charge in [-0.1, -0.05) is 53.0 Å². The molecule has 2 aliphatic carbocycles. The number of nitrogens with two attached hydrogens (primary N) is 1. The number of nitrogens with zero attached hydrogens (tertiary/aromatic N) is 1. The normalized spacial score (nSPS) is 29.4. The first-order chi connectivity index (χ1) is 16.9. The topological polar surface area (TPSA) is 148 Å². The molecule has 190 valence electrons. The zero-order valence-corrected chi connectivity index (χ0v) is 21.7. The number of carbonyl (C=O) groups excluding carboxylic acids is 1. The maximum Gasteiger partial charge on any atom is 0.312 e. The highest BCUT2D eigenvalue weighted by Crippen LogP contribution is 2.67. The second-order valence-corrected chi connectivity index (χ2v) is 12.6. The largest absolute Gasteiger partial charge is 0.481 e. The number of amides is 1. The number of carbonyl (C=O) groups is 2. The van der Waals surface area contributed by atoms with Crippen molar-refractivity contribution in [3.63, 3.8) is 0 Å². The van der Waals surface area contributed by atoms with E-state index in [9.17, 15) is 28.4 Å². The van der Waals surface area contributed by atoms with Crippen molar-refractivity contribution in [2.45, 2.75) is 42.1 Å². The third kappa shape index (κ3) is 4.25. The number of nitriles is 1. The van der Waals surface area contributed by atoms with Crippen molar-refractivity contribution >= 4 is 56.5 Å². The van der Waals surface area contributed by atoms with E-state index >= 15 is 0 Å². The monoisotopic (exact) mass is 570 g/mol. The Balaban J connectivity index is 1.75. The average Bonchev–Trinajstić information content (AvgIpc) is 3.46. The van der Waals surface area contributed by atoms with Gasteiger partial charge in [-0.3, -0.25) is 9.59 Å². The fourth-order valence-electron chi connectivity index (χ4n) is 5.25. The van der Waals surface area contributed by atoms with E-state index in [0.717, 1.165) is 0 Å². The molecular formula is C24H21Cl3N2O6S. The predicted octanol–water partition coefficient (Wildman–Crippen LogP) is 4.25. The Morgan fingerprint density at radius 1 is 1.11 bits per heavy atom. The van der Waals surface area contributed by atoms with Crippen LogP contribution in [0, 0.1) is 28.1 Å². The molecule has 0 aromatic heterocycles. The zero-order chi connectivity index (χ0) is 26.5.